The molecule has 0 bridgehead atoms. The summed E-state index contributed by atoms with van der Waals surface area (Å²) in [4.78, 5) is 15.0. The number of aryl methyl sites for hydroxylation is 1. The summed E-state index contributed by atoms with van der Waals surface area (Å²) in [6.07, 6.45) is 3.73. The highest BCUT2D eigenvalue weighted by Gasteiger charge is 2.20. The third kappa shape index (κ3) is 3.69. The number of carbonyl (C=O) groups excluding carboxylic acids is 1. The van der Waals surface area contributed by atoms with E-state index in [0.29, 0.717) is 6.54 Å². The number of rotatable bonds is 4. The van der Waals surface area contributed by atoms with Crippen LogP contribution in [0.1, 0.15) is 41.0 Å². The molecule has 0 radical (unpaired) electrons. The second-order valence-corrected chi connectivity index (χ2v) is 7.60. The summed E-state index contributed by atoms with van der Waals surface area (Å²) in [5.41, 5.74) is 4.15. The number of hydrogen-bond acceptors (Lipinski definition) is 2. The molecule has 2 aromatic rings. The Hall–Kier alpha value is -1.14. The number of halogens is 1. The van der Waals surface area contributed by atoms with Gasteiger partial charge in [-0.25, -0.2) is 0 Å². The van der Waals surface area contributed by atoms with Crippen LogP contribution in [0.4, 0.5) is 0 Å². The third-order valence-electron chi connectivity index (χ3n) is 4.63. The molecule has 0 spiro atoms. The quantitative estimate of drug-likeness (QED) is 0.540. The van der Waals surface area contributed by atoms with Crippen LogP contribution in [0.15, 0.2) is 30.3 Å². The number of hydrogen-bond donors (Lipinski definition) is 0. The van der Waals surface area contributed by atoms with Crippen molar-refractivity contribution in [3.8, 4) is 5.69 Å². The number of Topliss-reactive ketones (excluding diaryl/α,β-unsaturated/α-hetero) is 1. The Morgan fingerprint density at radius 3 is 2.39 bits per heavy atom. The summed E-state index contributed by atoms with van der Waals surface area (Å²) in [6.45, 7) is 6.79. The summed E-state index contributed by atoms with van der Waals surface area (Å²) in [5.74, 6) is 0.247. The van der Waals surface area contributed by atoms with Gasteiger partial charge in [0.1, 0.15) is 0 Å². The van der Waals surface area contributed by atoms with Crippen LogP contribution < -0.4 is 0 Å². The number of nitrogens with zero attached hydrogens (tertiary/aromatic N) is 2. The van der Waals surface area contributed by atoms with Crippen molar-refractivity contribution in [2.24, 2.45) is 0 Å². The molecule has 0 atom stereocenters. The Balaban J connectivity index is 1.85. The SMILES string of the molecule is Cc1cc(C(=O)CN2CCCCC2)c(C)n1-c1ccc(I)cc1. The molecule has 2 heterocycles. The molecule has 0 saturated carbocycles. The predicted molar refractivity (Wildman–Crippen MR) is 103 cm³/mol. The Morgan fingerprint density at radius 1 is 1.09 bits per heavy atom. The van der Waals surface area contributed by atoms with Crippen molar-refractivity contribution in [1.82, 2.24) is 9.47 Å². The number of benzene rings is 1. The van der Waals surface area contributed by atoms with Crippen LogP contribution >= 0.6 is 22.6 Å². The van der Waals surface area contributed by atoms with Crippen molar-refractivity contribution in [3.63, 3.8) is 0 Å². The van der Waals surface area contributed by atoms with Gasteiger partial charge in [-0.1, -0.05) is 6.42 Å². The van der Waals surface area contributed by atoms with Crippen molar-refractivity contribution >= 4 is 28.4 Å². The fourth-order valence-electron chi connectivity index (χ4n) is 3.44. The van der Waals surface area contributed by atoms with Crippen LogP contribution in [-0.4, -0.2) is 34.9 Å². The van der Waals surface area contributed by atoms with Crippen LogP contribution in [0.5, 0.6) is 0 Å². The van der Waals surface area contributed by atoms with Gasteiger partial charge in [-0.05, 0) is 92.7 Å². The fraction of sp³-hybridized carbons (Fsp3) is 0.421. The number of carbonyl (C=O) groups is 1. The highest BCUT2D eigenvalue weighted by Crippen LogP contribution is 2.22. The van der Waals surface area contributed by atoms with Gasteiger partial charge in [0, 0.05) is 26.2 Å². The Labute approximate surface area is 151 Å². The van der Waals surface area contributed by atoms with E-state index in [-0.39, 0.29) is 5.78 Å². The molecule has 1 aliphatic heterocycles. The van der Waals surface area contributed by atoms with Gasteiger partial charge in [0.05, 0.1) is 6.54 Å². The first-order valence-electron chi connectivity index (χ1n) is 8.26. The molecule has 23 heavy (non-hydrogen) atoms. The number of aromatic nitrogens is 1. The molecule has 122 valence electrons. The van der Waals surface area contributed by atoms with E-state index < -0.39 is 0 Å². The molecule has 0 aliphatic carbocycles. The molecule has 4 heteroatoms. The molecule has 0 N–H and O–H groups in total. The minimum atomic E-state index is 0.247. The maximum Gasteiger partial charge on any atom is 0.178 e. The van der Waals surface area contributed by atoms with Crippen molar-refractivity contribution in [2.75, 3.05) is 19.6 Å². The van der Waals surface area contributed by atoms with E-state index >= 15 is 0 Å². The molecule has 0 unspecified atom stereocenters. The fourth-order valence-corrected chi connectivity index (χ4v) is 3.80. The highest BCUT2D eigenvalue weighted by molar-refractivity contribution is 14.1. The van der Waals surface area contributed by atoms with E-state index in [1.54, 1.807) is 0 Å². The lowest BCUT2D eigenvalue weighted by atomic mass is 10.1. The largest absolute Gasteiger partial charge is 0.318 e. The summed E-state index contributed by atoms with van der Waals surface area (Å²) < 4.78 is 3.40. The zero-order valence-corrected chi connectivity index (χ0v) is 16.0. The molecular weight excluding hydrogens is 399 g/mol. The van der Waals surface area contributed by atoms with Gasteiger partial charge in [-0.3, -0.25) is 9.69 Å². The van der Waals surface area contributed by atoms with Crippen molar-refractivity contribution in [3.05, 3.63) is 50.9 Å². The predicted octanol–water partition coefficient (Wildman–Crippen LogP) is 4.37. The van der Waals surface area contributed by atoms with Crippen molar-refractivity contribution in [2.45, 2.75) is 33.1 Å². The standard InChI is InChI=1S/C19H23IN2O/c1-14-12-18(19(23)13-21-10-4-3-5-11-21)15(2)22(14)17-8-6-16(20)7-9-17/h6-9,12H,3-5,10-11,13H2,1-2H3. The molecule has 1 aliphatic rings. The molecule has 1 saturated heterocycles. The topological polar surface area (TPSA) is 25.2 Å². The second-order valence-electron chi connectivity index (χ2n) is 6.36. The molecule has 1 aromatic heterocycles. The highest BCUT2D eigenvalue weighted by atomic mass is 127. The van der Waals surface area contributed by atoms with Gasteiger partial charge in [0.2, 0.25) is 0 Å². The second kappa shape index (κ2) is 7.18. The zero-order chi connectivity index (χ0) is 16.4. The van der Waals surface area contributed by atoms with E-state index in [1.165, 1.54) is 22.8 Å². The van der Waals surface area contributed by atoms with Crippen LogP contribution in [0.3, 0.4) is 0 Å². The van der Waals surface area contributed by atoms with Gasteiger partial charge in [0.15, 0.2) is 5.78 Å². The summed E-state index contributed by atoms with van der Waals surface area (Å²) in [6, 6.07) is 10.5. The van der Waals surface area contributed by atoms with Crippen LogP contribution in [0.2, 0.25) is 0 Å². The Kier molecular flexibility index (Phi) is 5.21. The van der Waals surface area contributed by atoms with Crippen LogP contribution in [0, 0.1) is 17.4 Å². The molecule has 3 rings (SSSR count). The van der Waals surface area contributed by atoms with Crippen LogP contribution in [0.25, 0.3) is 5.69 Å². The monoisotopic (exact) mass is 422 g/mol. The summed E-state index contributed by atoms with van der Waals surface area (Å²) >= 11 is 2.31. The molecular formula is C19H23IN2O. The van der Waals surface area contributed by atoms with Gasteiger partial charge in [0.25, 0.3) is 0 Å². The summed E-state index contributed by atoms with van der Waals surface area (Å²) in [7, 11) is 0. The van der Waals surface area contributed by atoms with E-state index in [2.05, 4.69) is 70.2 Å². The van der Waals surface area contributed by atoms with E-state index in [0.717, 1.165) is 35.7 Å². The number of piperidine rings is 1. The average molecular weight is 422 g/mol. The lowest BCUT2D eigenvalue weighted by molar-refractivity contribution is 0.0915. The van der Waals surface area contributed by atoms with E-state index in [1.807, 2.05) is 6.07 Å². The average Bonchev–Trinajstić information content (AvgIpc) is 2.84. The van der Waals surface area contributed by atoms with Crippen molar-refractivity contribution in [1.29, 1.82) is 0 Å². The molecule has 1 aromatic carbocycles. The minimum Gasteiger partial charge on any atom is -0.318 e. The van der Waals surface area contributed by atoms with Crippen LogP contribution in [-0.2, 0) is 0 Å². The first-order chi connectivity index (χ1) is 11.1. The molecule has 0 amide bonds. The van der Waals surface area contributed by atoms with Gasteiger partial charge < -0.3 is 4.57 Å². The Bertz CT molecular complexity index is 697. The third-order valence-corrected chi connectivity index (χ3v) is 5.35. The lowest BCUT2D eigenvalue weighted by Gasteiger charge is -2.25. The normalized spacial score (nSPS) is 15.8. The number of ketones is 1. The van der Waals surface area contributed by atoms with Gasteiger partial charge in [-0.15, -0.1) is 0 Å². The van der Waals surface area contributed by atoms with Crippen molar-refractivity contribution < 1.29 is 4.79 Å². The first-order valence-corrected chi connectivity index (χ1v) is 9.34. The van der Waals surface area contributed by atoms with E-state index in [4.69, 9.17) is 0 Å². The molecule has 3 nitrogen and oxygen atoms in total. The zero-order valence-electron chi connectivity index (χ0n) is 13.8. The van der Waals surface area contributed by atoms with E-state index in [9.17, 15) is 4.79 Å². The smallest absolute Gasteiger partial charge is 0.178 e. The van der Waals surface area contributed by atoms with Gasteiger partial charge >= 0.3 is 0 Å². The maximum atomic E-state index is 12.7. The molecule has 1 fully saturated rings. The minimum absolute atomic E-state index is 0.247. The lowest BCUT2D eigenvalue weighted by Crippen LogP contribution is -2.34. The number of likely N-dealkylation sites (tertiary alicyclic amines) is 1. The summed E-state index contributed by atoms with van der Waals surface area (Å²) in [5, 5.41) is 0. The van der Waals surface area contributed by atoms with Gasteiger partial charge in [-0.2, -0.15) is 0 Å². The first kappa shape index (κ1) is 16.7. The Morgan fingerprint density at radius 2 is 1.74 bits per heavy atom. The maximum absolute atomic E-state index is 12.7.